The summed E-state index contributed by atoms with van der Waals surface area (Å²) in [5.74, 6) is -0.727. The van der Waals surface area contributed by atoms with Crippen LogP contribution in [0.1, 0.15) is 36.6 Å². The summed E-state index contributed by atoms with van der Waals surface area (Å²) in [4.78, 5) is 20.8. The van der Waals surface area contributed by atoms with Gasteiger partial charge in [0.15, 0.2) is 5.82 Å². The molecular weight excluding hydrogens is 452 g/mol. The summed E-state index contributed by atoms with van der Waals surface area (Å²) in [6.07, 6.45) is 0. The first-order chi connectivity index (χ1) is 16.7. The summed E-state index contributed by atoms with van der Waals surface area (Å²) in [6, 6.07) is 8.97. The number of benzene rings is 2. The predicted molar refractivity (Wildman–Crippen MR) is 132 cm³/mol. The fourth-order valence-electron chi connectivity index (χ4n) is 4.71. The van der Waals surface area contributed by atoms with Crippen LogP contribution in [0, 0.1) is 29.9 Å². The van der Waals surface area contributed by atoms with E-state index in [1.54, 1.807) is 13.1 Å². The maximum atomic E-state index is 16.3. The molecule has 3 aromatic rings. The minimum absolute atomic E-state index is 0.151. The lowest BCUT2D eigenvalue weighted by Gasteiger charge is -2.36. The van der Waals surface area contributed by atoms with Crippen molar-refractivity contribution < 1.29 is 13.6 Å². The first-order valence-electron chi connectivity index (χ1n) is 11.7. The molecule has 35 heavy (non-hydrogen) atoms. The number of hydroxylamine groups is 2. The van der Waals surface area contributed by atoms with Crippen molar-refractivity contribution in [3.63, 3.8) is 0 Å². The third-order valence-corrected chi connectivity index (χ3v) is 6.37. The van der Waals surface area contributed by atoms with Gasteiger partial charge in [-0.3, -0.25) is 14.2 Å². The molecule has 2 aromatic carbocycles. The van der Waals surface area contributed by atoms with Crippen LogP contribution in [0.5, 0.6) is 0 Å². The maximum absolute atomic E-state index is 16.3. The van der Waals surface area contributed by atoms with Gasteiger partial charge in [-0.25, -0.2) is 8.78 Å². The largest absolute Gasteiger partial charge is 0.377 e. The number of aromatic nitrogens is 1. The molecule has 1 aliphatic heterocycles. The number of nitrogens with zero attached hydrogens (tertiary/aromatic N) is 4. The number of piperazine rings is 1. The predicted octanol–water partition coefficient (Wildman–Crippen LogP) is 4.24. The van der Waals surface area contributed by atoms with E-state index in [4.69, 9.17) is 4.84 Å². The fraction of sp³-hybridized carbons (Fsp3) is 0.385. The van der Waals surface area contributed by atoms with Crippen LogP contribution in [0.2, 0.25) is 0 Å². The van der Waals surface area contributed by atoms with Crippen LogP contribution in [0.3, 0.4) is 0 Å². The summed E-state index contributed by atoms with van der Waals surface area (Å²) in [5, 5.41) is 15.0. The van der Waals surface area contributed by atoms with Gasteiger partial charge in [0.25, 0.3) is 5.56 Å². The Morgan fingerprint density at radius 1 is 1.17 bits per heavy atom. The standard InChI is InChI=1S/C26H29F2N5O2/c1-5-35-33-10-8-32(9-11-33)25-24(28)23-20(12-16(2)13-21(23)26(34)31(25)4)17(3)30-22-7-6-19(27)14-18(22)15-29/h6-7,12-14,17,30H,5,8-11H2,1-4H3/t17-/m1/s1. The zero-order valence-corrected chi connectivity index (χ0v) is 20.4. The number of halogens is 2. The first kappa shape index (κ1) is 24.6. The van der Waals surface area contributed by atoms with E-state index in [1.807, 2.05) is 42.9 Å². The summed E-state index contributed by atoms with van der Waals surface area (Å²) in [7, 11) is 1.59. The zero-order chi connectivity index (χ0) is 25.3. The normalized spacial score (nSPS) is 15.3. The molecule has 9 heteroatoms. The number of hydrogen-bond donors (Lipinski definition) is 1. The quantitative estimate of drug-likeness (QED) is 0.568. The van der Waals surface area contributed by atoms with Gasteiger partial charge in [-0.15, -0.1) is 0 Å². The first-order valence-corrected chi connectivity index (χ1v) is 11.7. The molecule has 0 radical (unpaired) electrons. The van der Waals surface area contributed by atoms with Crippen LogP contribution in [0.15, 0.2) is 35.1 Å². The summed E-state index contributed by atoms with van der Waals surface area (Å²) >= 11 is 0. The molecule has 0 bridgehead atoms. The van der Waals surface area contributed by atoms with Gasteiger partial charge in [0.2, 0.25) is 0 Å². The van der Waals surface area contributed by atoms with Crippen LogP contribution < -0.4 is 15.8 Å². The lowest BCUT2D eigenvalue weighted by atomic mass is 9.96. The molecule has 184 valence electrons. The second kappa shape index (κ2) is 10.0. The number of pyridine rings is 1. The Balaban J connectivity index is 1.80. The van der Waals surface area contributed by atoms with E-state index >= 15 is 4.39 Å². The molecule has 7 nitrogen and oxygen atoms in total. The summed E-state index contributed by atoms with van der Waals surface area (Å²) in [6.45, 7) is 8.40. The van der Waals surface area contributed by atoms with Crippen LogP contribution in [0.4, 0.5) is 20.3 Å². The highest BCUT2D eigenvalue weighted by Crippen LogP contribution is 2.33. The fourth-order valence-corrected chi connectivity index (χ4v) is 4.71. The van der Waals surface area contributed by atoms with Crippen molar-refractivity contribution in [2.24, 2.45) is 7.05 Å². The molecule has 1 saturated heterocycles. The monoisotopic (exact) mass is 481 g/mol. The summed E-state index contributed by atoms with van der Waals surface area (Å²) in [5.41, 5.74) is 1.72. The third kappa shape index (κ3) is 4.72. The minimum atomic E-state index is -0.510. The lowest BCUT2D eigenvalue weighted by molar-refractivity contribution is -0.156. The molecule has 2 heterocycles. The highest BCUT2D eigenvalue weighted by molar-refractivity contribution is 5.89. The molecule has 0 spiro atoms. The smallest absolute Gasteiger partial charge is 0.259 e. The van der Waals surface area contributed by atoms with Gasteiger partial charge in [0, 0.05) is 44.7 Å². The topological polar surface area (TPSA) is 73.5 Å². The summed E-state index contributed by atoms with van der Waals surface area (Å²) < 4.78 is 31.2. The van der Waals surface area contributed by atoms with E-state index in [9.17, 15) is 14.4 Å². The molecule has 1 atom stereocenters. The van der Waals surface area contributed by atoms with Gasteiger partial charge in [-0.1, -0.05) is 6.07 Å². The van der Waals surface area contributed by atoms with Crippen LogP contribution in [-0.2, 0) is 11.9 Å². The molecule has 1 aromatic heterocycles. The van der Waals surface area contributed by atoms with Gasteiger partial charge in [-0.2, -0.15) is 10.3 Å². The molecule has 1 fully saturated rings. The van der Waals surface area contributed by atoms with E-state index in [2.05, 4.69) is 5.32 Å². The second-order valence-electron chi connectivity index (χ2n) is 8.78. The number of hydrogen-bond acceptors (Lipinski definition) is 6. The number of anilines is 2. The maximum Gasteiger partial charge on any atom is 0.259 e. The Labute approximate surface area is 203 Å². The van der Waals surface area contributed by atoms with Gasteiger partial charge >= 0.3 is 0 Å². The lowest BCUT2D eigenvalue weighted by Crippen LogP contribution is -2.48. The van der Waals surface area contributed by atoms with E-state index in [0.717, 1.165) is 11.6 Å². The minimum Gasteiger partial charge on any atom is -0.377 e. The average Bonchev–Trinajstić information content (AvgIpc) is 2.84. The van der Waals surface area contributed by atoms with Gasteiger partial charge in [0.05, 0.1) is 23.2 Å². The Morgan fingerprint density at radius 2 is 1.89 bits per heavy atom. The van der Waals surface area contributed by atoms with Crippen molar-refractivity contribution in [1.82, 2.24) is 9.63 Å². The molecule has 1 aliphatic rings. The molecule has 4 rings (SSSR count). The zero-order valence-electron chi connectivity index (χ0n) is 20.4. The molecule has 1 N–H and O–H groups in total. The van der Waals surface area contributed by atoms with Crippen molar-refractivity contribution in [1.29, 1.82) is 5.26 Å². The highest BCUT2D eigenvalue weighted by atomic mass is 19.1. The Morgan fingerprint density at radius 3 is 2.54 bits per heavy atom. The van der Waals surface area contributed by atoms with Gasteiger partial charge in [-0.05, 0) is 56.2 Å². The number of nitrogens with one attached hydrogen (secondary N) is 1. The number of rotatable bonds is 6. The van der Waals surface area contributed by atoms with Crippen LogP contribution in [-0.4, -0.2) is 42.4 Å². The van der Waals surface area contributed by atoms with Crippen molar-refractivity contribution >= 4 is 22.3 Å². The van der Waals surface area contributed by atoms with E-state index in [-0.39, 0.29) is 22.3 Å². The van der Waals surface area contributed by atoms with Gasteiger partial charge in [0.1, 0.15) is 17.7 Å². The van der Waals surface area contributed by atoms with Crippen molar-refractivity contribution in [2.75, 3.05) is 43.0 Å². The van der Waals surface area contributed by atoms with Crippen molar-refractivity contribution in [3.05, 3.63) is 69.0 Å². The second-order valence-corrected chi connectivity index (χ2v) is 8.78. The molecule has 0 amide bonds. The number of fused-ring (bicyclic) bond motifs is 1. The van der Waals surface area contributed by atoms with E-state index in [0.29, 0.717) is 49.4 Å². The molecule has 0 unspecified atom stereocenters. The average molecular weight is 482 g/mol. The molecule has 0 aliphatic carbocycles. The SMILES string of the molecule is CCON1CCN(c2c(F)c3c([C@@H](C)Nc4ccc(F)cc4C#N)cc(C)cc3c(=O)n2C)CC1. The van der Waals surface area contributed by atoms with Crippen molar-refractivity contribution in [3.8, 4) is 6.07 Å². The Kier molecular flexibility index (Phi) is 7.05. The van der Waals surface area contributed by atoms with Gasteiger partial charge < -0.3 is 10.2 Å². The third-order valence-electron chi connectivity index (χ3n) is 6.37. The number of nitriles is 1. The molecular formula is C26H29F2N5O2. The van der Waals surface area contributed by atoms with Crippen LogP contribution >= 0.6 is 0 Å². The van der Waals surface area contributed by atoms with E-state index < -0.39 is 17.7 Å². The highest BCUT2D eigenvalue weighted by Gasteiger charge is 2.27. The number of aryl methyl sites for hydroxylation is 1. The molecule has 0 saturated carbocycles. The van der Waals surface area contributed by atoms with E-state index in [1.165, 1.54) is 16.7 Å². The van der Waals surface area contributed by atoms with Crippen molar-refractivity contribution in [2.45, 2.75) is 26.8 Å². The Hall–Kier alpha value is -3.48. The van der Waals surface area contributed by atoms with Crippen LogP contribution in [0.25, 0.3) is 10.8 Å². The Bertz CT molecular complexity index is 1360.